The topological polar surface area (TPSA) is 75.1 Å². The number of halogens is 2. The highest BCUT2D eigenvalue weighted by Crippen LogP contribution is 2.44. The molecule has 1 aliphatic carbocycles. The fourth-order valence-electron chi connectivity index (χ4n) is 4.00. The van der Waals surface area contributed by atoms with Crippen LogP contribution in [0.4, 0.5) is 10.8 Å². The Balaban J connectivity index is 1.52. The highest BCUT2D eigenvalue weighted by molar-refractivity contribution is 8.00. The third-order valence-corrected chi connectivity index (χ3v) is 8.46. The number of rotatable bonds is 7. The summed E-state index contributed by atoms with van der Waals surface area (Å²) in [4.78, 5) is 21.7. The number of carbonyl (C=O) groups is 1. The Hall–Kier alpha value is -1.80. The first-order valence-electron chi connectivity index (χ1n) is 9.95. The van der Waals surface area contributed by atoms with Gasteiger partial charge in [0.05, 0.1) is 27.3 Å². The molecule has 0 spiro atoms. The van der Waals surface area contributed by atoms with Crippen LogP contribution in [0.1, 0.15) is 25.0 Å². The molecule has 0 bridgehead atoms. The third-order valence-electron chi connectivity index (χ3n) is 5.48. The van der Waals surface area contributed by atoms with Gasteiger partial charge in [-0.3, -0.25) is 9.78 Å². The molecule has 3 atom stereocenters. The van der Waals surface area contributed by atoms with E-state index in [9.17, 15) is 9.90 Å². The highest BCUT2D eigenvalue weighted by Gasteiger charge is 2.36. The fraction of sp³-hybridized carbons (Fsp3) is 0.318. The predicted octanol–water partition coefficient (Wildman–Crippen LogP) is 6.79. The molecule has 9 heteroatoms. The molecule has 1 aromatic carbocycles. The van der Waals surface area contributed by atoms with Crippen LogP contribution in [-0.4, -0.2) is 26.3 Å². The van der Waals surface area contributed by atoms with E-state index in [1.165, 1.54) is 11.3 Å². The van der Waals surface area contributed by atoms with Crippen LogP contribution >= 0.6 is 46.3 Å². The maximum absolute atomic E-state index is 12.0. The molecule has 0 radical (unpaired) electrons. The number of anilines is 2. The second-order valence-electron chi connectivity index (χ2n) is 7.47. The van der Waals surface area contributed by atoms with Crippen molar-refractivity contribution < 1.29 is 9.90 Å². The minimum absolute atomic E-state index is 0.0199. The van der Waals surface area contributed by atoms with E-state index >= 15 is 0 Å². The monoisotopic (exact) mass is 493 g/mol. The number of nitrogens with zero attached hydrogens (tertiary/aromatic N) is 2. The smallest absolute Gasteiger partial charge is 0.306 e. The van der Waals surface area contributed by atoms with Crippen LogP contribution in [-0.2, 0) is 11.2 Å². The summed E-state index contributed by atoms with van der Waals surface area (Å²) in [7, 11) is 0. The van der Waals surface area contributed by atoms with Crippen LogP contribution in [0.25, 0.3) is 0 Å². The molecule has 1 fully saturated rings. The minimum Gasteiger partial charge on any atom is -0.481 e. The number of hydrogen-bond acceptors (Lipinski definition) is 6. The Morgan fingerprint density at radius 3 is 2.84 bits per heavy atom. The first kappa shape index (κ1) is 22.4. The second-order valence-corrected chi connectivity index (χ2v) is 10.5. The number of thiazole rings is 1. The molecule has 2 heterocycles. The van der Waals surface area contributed by atoms with Crippen molar-refractivity contribution in [2.75, 3.05) is 5.32 Å². The van der Waals surface area contributed by atoms with Gasteiger partial charge in [0, 0.05) is 27.9 Å². The van der Waals surface area contributed by atoms with Crippen molar-refractivity contribution in [3.8, 4) is 0 Å². The first-order chi connectivity index (χ1) is 15.0. The molecule has 31 heavy (non-hydrogen) atoms. The van der Waals surface area contributed by atoms with E-state index in [0.29, 0.717) is 22.9 Å². The highest BCUT2D eigenvalue weighted by atomic mass is 35.5. The molecule has 4 rings (SSSR count). The van der Waals surface area contributed by atoms with Crippen molar-refractivity contribution in [2.24, 2.45) is 11.8 Å². The van der Waals surface area contributed by atoms with Gasteiger partial charge in [0.15, 0.2) is 5.13 Å². The van der Waals surface area contributed by atoms with Gasteiger partial charge in [0.1, 0.15) is 0 Å². The number of pyridine rings is 1. The van der Waals surface area contributed by atoms with Crippen molar-refractivity contribution in [3.05, 3.63) is 63.8 Å². The summed E-state index contributed by atoms with van der Waals surface area (Å²) in [6, 6.07) is 9.46. The largest absolute Gasteiger partial charge is 0.481 e. The van der Waals surface area contributed by atoms with Gasteiger partial charge in [-0.1, -0.05) is 29.3 Å². The van der Waals surface area contributed by atoms with Gasteiger partial charge in [0.25, 0.3) is 0 Å². The number of aromatic nitrogens is 2. The Morgan fingerprint density at radius 1 is 1.19 bits per heavy atom. The first-order valence-corrected chi connectivity index (χ1v) is 12.5. The lowest BCUT2D eigenvalue weighted by Gasteiger charge is -2.34. The Kier molecular flexibility index (Phi) is 7.38. The molecular formula is C22H21Cl2N3O2S2. The van der Waals surface area contributed by atoms with Crippen LogP contribution in [0.2, 0.25) is 10.0 Å². The Morgan fingerprint density at radius 2 is 2.06 bits per heavy atom. The Labute approximate surface area is 199 Å². The summed E-state index contributed by atoms with van der Waals surface area (Å²) in [6.07, 6.45) is 6.32. The molecule has 162 valence electrons. The molecule has 1 unspecified atom stereocenters. The summed E-state index contributed by atoms with van der Waals surface area (Å²) in [5.41, 5.74) is 1.73. The molecule has 3 aromatic rings. The van der Waals surface area contributed by atoms with Gasteiger partial charge < -0.3 is 10.4 Å². The molecule has 5 nitrogen and oxygen atoms in total. The lowest BCUT2D eigenvalue weighted by Crippen LogP contribution is -2.33. The van der Waals surface area contributed by atoms with Gasteiger partial charge in [-0.15, -0.1) is 23.1 Å². The molecule has 2 N–H and O–H groups in total. The fourth-order valence-corrected chi connectivity index (χ4v) is 6.35. The van der Waals surface area contributed by atoms with E-state index < -0.39 is 5.97 Å². The number of carboxylic acid groups (broad SMARTS) is 1. The number of nitrogens with one attached hydrogen (secondary N) is 1. The maximum atomic E-state index is 12.0. The summed E-state index contributed by atoms with van der Waals surface area (Å²) in [6.45, 7) is 0. The summed E-state index contributed by atoms with van der Waals surface area (Å²) in [5.74, 6) is -1.14. The second kappa shape index (κ2) is 10.2. The average Bonchev–Trinajstić information content (AvgIpc) is 3.26. The molecular weight excluding hydrogens is 473 g/mol. The van der Waals surface area contributed by atoms with Crippen LogP contribution in [0.15, 0.2) is 53.0 Å². The van der Waals surface area contributed by atoms with E-state index in [4.69, 9.17) is 23.2 Å². The molecule has 0 saturated heterocycles. The van der Waals surface area contributed by atoms with Crippen LogP contribution in [0.5, 0.6) is 0 Å². The lowest BCUT2D eigenvalue weighted by atomic mass is 9.76. The van der Waals surface area contributed by atoms with Crippen LogP contribution in [0.3, 0.4) is 0 Å². The lowest BCUT2D eigenvalue weighted by molar-refractivity contribution is -0.144. The normalized spacial score (nSPS) is 21.0. The average molecular weight is 494 g/mol. The molecule has 0 amide bonds. The van der Waals surface area contributed by atoms with Crippen molar-refractivity contribution >= 4 is 63.1 Å². The van der Waals surface area contributed by atoms with Gasteiger partial charge in [0.2, 0.25) is 0 Å². The standard InChI is InChI=1S/C22H21Cl2N3O2S2/c23-16-3-1-5-19(20(16)24)31-14-6-7-15(21(28)29)13(11-14)12-18-17(4-2-8-25-18)27-22-26-9-10-30-22/h1-5,8-10,13-15H,6-7,11-12H2,(H,26,27)(H,28,29)/t13?,14-,15-/m0/s1. The van der Waals surface area contributed by atoms with E-state index in [1.807, 2.05) is 29.6 Å². The molecule has 1 saturated carbocycles. The van der Waals surface area contributed by atoms with Crippen molar-refractivity contribution in [1.29, 1.82) is 0 Å². The quantitative estimate of drug-likeness (QED) is 0.377. The SMILES string of the molecule is O=C(O)[C@H]1CC[C@H](Sc2cccc(Cl)c2Cl)CC1Cc1ncccc1Nc1nccs1. The number of hydrogen-bond donors (Lipinski definition) is 2. The van der Waals surface area contributed by atoms with E-state index in [2.05, 4.69) is 15.3 Å². The number of thioether (sulfide) groups is 1. The zero-order valence-corrected chi connectivity index (χ0v) is 19.6. The summed E-state index contributed by atoms with van der Waals surface area (Å²) < 4.78 is 0. The zero-order chi connectivity index (χ0) is 21.8. The zero-order valence-electron chi connectivity index (χ0n) is 16.5. The van der Waals surface area contributed by atoms with Gasteiger partial charge in [-0.25, -0.2) is 4.98 Å². The molecule has 0 aliphatic heterocycles. The molecule has 1 aliphatic rings. The van der Waals surface area contributed by atoms with Crippen molar-refractivity contribution in [1.82, 2.24) is 9.97 Å². The Bertz CT molecular complexity index is 1050. The van der Waals surface area contributed by atoms with Crippen LogP contribution < -0.4 is 5.32 Å². The van der Waals surface area contributed by atoms with Gasteiger partial charge in [-0.2, -0.15) is 0 Å². The number of carboxylic acids is 1. The minimum atomic E-state index is -0.736. The molecule has 2 aromatic heterocycles. The van der Waals surface area contributed by atoms with Crippen molar-refractivity contribution in [3.63, 3.8) is 0 Å². The summed E-state index contributed by atoms with van der Waals surface area (Å²) in [5, 5.41) is 17.2. The van der Waals surface area contributed by atoms with Gasteiger partial charge >= 0.3 is 5.97 Å². The van der Waals surface area contributed by atoms with Crippen LogP contribution in [0, 0.1) is 11.8 Å². The van der Waals surface area contributed by atoms with E-state index in [1.54, 1.807) is 30.2 Å². The number of benzene rings is 1. The van der Waals surface area contributed by atoms with E-state index in [0.717, 1.165) is 34.2 Å². The summed E-state index contributed by atoms with van der Waals surface area (Å²) >= 11 is 15.7. The van der Waals surface area contributed by atoms with Gasteiger partial charge in [-0.05, 0) is 55.9 Å². The third kappa shape index (κ3) is 5.52. The number of aliphatic carboxylic acids is 1. The van der Waals surface area contributed by atoms with Crippen molar-refractivity contribution in [2.45, 2.75) is 35.8 Å². The van der Waals surface area contributed by atoms with E-state index in [-0.39, 0.29) is 17.1 Å². The maximum Gasteiger partial charge on any atom is 0.306 e. The predicted molar refractivity (Wildman–Crippen MR) is 128 cm³/mol.